The van der Waals surface area contributed by atoms with E-state index in [4.69, 9.17) is 9.47 Å². The van der Waals surface area contributed by atoms with Crippen molar-refractivity contribution in [2.24, 2.45) is 0 Å². The molecule has 2 fully saturated rings. The van der Waals surface area contributed by atoms with Crippen molar-refractivity contribution in [3.05, 3.63) is 35.0 Å². The van der Waals surface area contributed by atoms with Gasteiger partial charge in [-0.05, 0) is 56.2 Å². The average Bonchev–Trinajstić information content (AvgIpc) is 3.27. The van der Waals surface area contributed by atoms with Crippen LogP contribution in [0.2, 0.25) is 0 Å². The Morgan fingerprint density at radius 1 is 1.28 bits per heavy atom. The summed E-state index contributed by atoms with van der Waals surface area (Å²) in [5, 5.41) is 12.6. The van der Waals surface area contributed by atoms with E-state index in [0.717, 1.165) is 48.6 Å². The maximum absolute atomic E-state index is 11.4. The molecule has 0 unspecified atom stereocenters. The third-order valence-electron chi connectivity index (χ3n) is 5.24. The normalized spacial score (nSPS) is 22.6. The summed E-state index contributed by atoms with van der Waals surface area (Å²) in [4.78, 5) is 11.4. The summed E-state index contributed by atoms with van der Waals surface area (Å²) in [6, 6.07) is 6.08. The van der Waals surface area contributed by atoms with Gasteiger partial charge in [0.15, 0.2) is 11.5 Å². The lowest BCUT2D eigenvalue weighted by atomic mass is 9.95. The summed E-state index contributed by atoms with van der Waals surface area (Å²) in [7, 11) is 1.66. The van der Waals surface area contributed by atoms with Crippen LogP contribution in [-0.2, 0) is 4.79 Å². The summed E-state index contributed by atoms with van der Waals surface area (Å²) >= 11 is 0. The number of carboxylic acid groups (broad SMARTS) is 1. The van der Waals surface area contributed by atoms with Gasteiger partial charge in [-0.1, -0.05) is 13.0 Å². The molecule has 1 saturated heterocycles. The summed E-state index contributed by atoms with van der Waals surface area (Å²) < 4.78 is 11.6. The second-order valence-corrected chi connectivity index (χ2v) is 6.83. The van der Waals surface area contributed by atoms with E-state index in [1.807, 2.05) is 13.0 Å². The number of aliphatic carboxylic acids is 1. The van der Waals surface area contributed by atoms with Crippen LogP contribution in [0.5, 0.6) is 11.5 Å². The maximum atomic E-state index is 11.4. The zero-order valence-corrected chi connectivity index (χ0v) is 15.0. The Morgan fingerprint density at radius 2 is 2.04 bits per heavy atom. The number of allylic oxidation sites excluding steroid dienone is 1. The van der Waals surface area contributed by atoms with Crippen molar-refractivity contribution >= 4 is 5.97 Å². The van der Waals surface area contributed by atoms with Gasteiger partial charge in [0.25, 0.3) is 0 Å². The highest BCUT2D eigenvalue weighted by Crippen LogP contribution is 2.37. The Morgan fingerprint density at radius 3 is 2.68 bits per heavy atom. The van der Waals surface area contributed by atoms with Crippen LogP contribution in [-0.4, -0.2) is 30.8 Å². The minimum Gasteiger partial charge on any atom is -0.493 e. The van der Waals surface area contributed by atoms with Gasteiger partial charge >= 0.3 is 5.97 Å². The SMILES string of the molecule is CCC(C(=O)O)=C1C[C@@H](c2ccc(OC)c(OC3CCCC3)c2)CN1. The van der Waals surface area contributed by atoms with E-state index in [-0.39, 0.29) is 12.0 Å². The van der Waals surface area contributed by atoms with E-state index < -0.39 is 5.97 Å². The fraction of sp³-hybridized carbons (Fsp3) is 0.550. The standard InChI is InChI=1S/C20H27NO4/c1-3-16(20(22)23)17-10-14(12-21-17)13-8-9-18(24-2)19(11-13)25-15-6-4-5-7-15/h8-9,11,14-15,21H,3-7,10,12H2,1-2H3,(H,22,23)/t14-/m1/s1. The third-order valence-corrected chi connectivity index (χ3v) is 5.24. The highest BCUT2D eigenvalue weighted by molar-refractivity contribution is 5.87. The van der Waals surface area contributed by atoms with E-state index in [9.17, 15) is 9.90 Å². The third kappa shape index (κ3) is 3.91. The molecule has 1 aromatic carbocycles. The van der Waals surface area contributed by atoms with Crippen molar-refractivity contribution in [2.75, 3.05) is 13.7 Å². The maximum Gasteiger partial charge on any atom is 0.333 e. The molecule has 1 heterocycles. The zero-order valence-electron chi connectivity index (χ0n) is 15.0. The van der Waals surface area contributed by atoms with Gasteiger partial charge in [0, 0.05) is 18.2 Å². The summed E-state index contributed by atoms with van der Waals surface area (Å²) in [5.41, 5.74) is 2.50. The number of carboxylic acids is 1. The van der Waals surface area contributed by atoms with Gasteiger partial charge in [0.05, 0.1) is 18.8 Å². The van der Waals surface area contributed by atoms with Crippen LogP contribution in [0.25, 0.3) is 0 Å². The molecule has 1 aromatic rings. The van der Waals surface area contributed by atoms with Crippen molar-refractivity contribution < 1.29 is 19.4 Å². The number of nitrogens with one attached hydrogen (secondary N) is 1. The van der Waals surface area contributed by atoms with Crippen LogP contribution in [0.3, 0.4) is 0 Å². The van der Waals surface area contributed by atoms with Gasteiger partial charge in [-0.3, -0.25) is 0 Å². The number of ether oxygens (including phenoxy) is 2. The van der Waals surface area contributed by atoms with Crippen LogP contribution in [0.4, 0.5) is 0 Å². The minimum absolute atomic E-state index is 0.257. The Bertz CT molecular complexity index is 662. The lowest BCUT2D eigenvalue weighted by Crippen LogP contribution is -2.13. The van der Waals surface area contributed by atoms with Crippen molar-refractivity contribution in [3.63, 3.8) is 0 Å². The highest BCUT2D eigenvalue weighted by Gasteiger charge is 2.26. The predicted molar refractivity (Wildman–Crippen MR) is 96.2 cm³/mol. The van der Waals surface area contributed by atoms with Crippen LogP contribution >= 0.6 is 0 Å². The lowest BCUT2D eigenvalue weighted by Gasteiger charge is -2.18. The van der Waals surface area contributed by atoms with E-state index >= 15 is 0 Å². The van der Waals surface area contributed by atoms with Crippen molar-refractivity contribution in [1.29, 1.82) is 0 Å². The molecule has 25 heavy (non-hydrogen) atoms. The molecule has 5 nitrogen and oxygen atoms in total. The monoisotopic (exact) mass is 345 g/mol. The molecule has 2 aliphatic rings. The molecule has 0 radical (unpaired) electrons. The van der Waals surface area contributed by atoms with Gasteiger partial charge in [-0.2, -0.15) is 0 Å². The molecule has 1 aliphatic carbocycles. The number of carbonyl (C=O) groups is 1. The number of benzene rings is 1. The first-order valence-electron chi connectivity index (χ1n) is 9.16. The minimum atomic E-state index is -0.828. The average molecular weight is 345 g/mol. The van der Waals surface area contributed by atoms with Gasteiger partial charge in [0.2, 0.25) is 0 Å². The fourth-order valence-corrected chi connectivity index (χ4v) is 3.82. The summed E-state index contributed by atoms with van der Waals surface area (Å²) in [5.74, 6) is 0.994. The molecule has 2 N–H and O–H groups in total. The molecular weight excluding hydrogens is 318 g/mol. The molecule has 0 bridgehead atoms. The van der Waals surface area contributed by atoms with Gasteiger partial charge in [0.1, 0.15) is 0 Å². The fourth-order valence-electron chi connectivity index (χ4n) is 3.82. The second-order valence-electron chi connectivity index (χ2n) is 6.83. The molecular formula is C20H27NO4. The smallest absolute Gasteiger partial charge is 0.333 e. The van der Waals surface area contributed by atoms with E-state index in [1.165, 1.54) is 12.8 Å². The number of hydrogen-bond acceptors (Lipinski definition) is 4. The molecule has 1 aliphatic heterocycles. The van der Waals surface area contributed by atoms with Gasteiger partial charge in [-0.15, -0.1) is 0 Å². The van der Waals surface area contributed by atoms with E-state index in [1.54, 1.807) is 7.11 Å². The molecule has 0 aromatic heterocycles. The number of methoxy groups -OCH3 is 1. The molecule has 0 spiro atoms. The largest absolute Gasteiger partial charge is 0.493 e. The van der Waals surface area contributed by atoms with E-state index in [0.29, 0.717) is 12.0 Å². The first-order valence-corrected chi connectivity index (χ1v) is 9.16. The summed E-state index contributed by atoms with van der Waals surface area (Å²) in [6.45, 7) is 2.63. The lowest BCUT2D eigenvalue weighted by molar-refractivity contribution is -0.132. The Labute approximate surface area is 149 Å². The predicted octanol–water partition coefficient (Wildman–Crippen LogP) is 3.84. The van der Waals surface area contributed by atoms with Crippen molar-refractivity contribution in [2.45, 2.75) is 57.5 Å². The van der Waals surface area contributed by atoms with Crippen LogP contribution in [0, 0.1) is 0 Å². The van der Waals surface area contributed by atoms with Gasteiger partial charge in [-0.25, -0.2) is 4.79 Å². The van der Waals surface area contributed by atoms with Crippen LogP contribution in [0.1, 0.15) is 56.9 Å². The quantitative estimate of drug-likeness (QED) is 0.767. The first kappa shape index (κ1) is 17.6. The van der Waals surface area contributed by atoms with Crippen LogP contribution < -0.4 is 14.8 Å². The first-order chi connectivity index (χ1) is 12.1. The molecule has 1 saturated carbocycles. The molecule has 1 atom stereocenters. The highest BCUT2D eigenvalue weighted by atomic mass is 16.5. The summed E-state index contributed by atoms with van der Waals surface area (Å²) in [6.07, 6.45) is 6.19. The topological polar surface area (TPSA) is 67.8 Å². The molecule has 5 heteroatoms. The van der Waals surface area contributed by atoms with E-state index in [2.05, 4.69) is 17.4 Å². The second kappa shape index (κ2) is 7.81. The van der Waals surface area contributed by atoms with Crippen LogP contribution in [0.15, 0.2) is 29.5 Å². The number of rotatable bonds is 6. The number of hydrogen-bond donors (Lipinski definition) is 2. The van der Waals surface area contributed by atoms with Gasteiger partial charge < -0.3 is 19.9 Å². The Balaban J connectivity index is 1.79. The Hall–Kier alpha value is -2.17. The molecule has 0 amide bonds. The molecule has 3 rings (SSSR count). The zero-order chi connectivity index (χ0) is 17.8. The Kier molecular flexibility index (Phi) is 5.51. The van der Waals surface area contributed by atoms with Crippen molar-refractivity contribution in [1.82, 2.24) is 5.32 Å². The molecule has 136 valence electrons. The van der Waals surface area contributed by atoms with Crippen molar-refractivity contribution in [3.8, 4) is 11.5 Å².